The monoisotopic (exact) mass is 255 g/mol. The van der Waals surface area contributed by atoms with E-state index >= 15 is 0 Å². The van der Waals surface area contributed by atoms with Gasteiger partial charge in [0.1, 0.15) is 0 Å². The van der Waals surface area contributed by atoms with Crippen molar-refractivity contribution >= 4 is 10.9 Å². The van der Waals surface area contributed by atoms with Crippen molar-refractivity contribution in [1.29, 1.82) is 0 Å². The maximum absolute atomic E-state index is 4.50. The molecule has 1 aromatic carbocycles. The molecule has 19 heavy (non-hydrogen) atoms. The van der Waals surface area contributed by atoms with Crippen molar-refractivity contribution in [3.63, 3.8) is 0 Å². The highest BCUT2D eigenvalue weighted by Crippen LogP contribution is 2.28. The van der Waals surface area contributed by atoms with Gasteiger partial charge in [0.2, 0.25) is 0 Å². The second kappa shape index (κ2) is 5.32. The normalized spacial score (nSPS) is 13.7. The van der Waals surface area contributed by atoms with Crippen LogP contribution >= 0.6 is 0 Å². The third-order valence-electron chi connectivity index (χ3n) is 3.76. The Morgan fingerprint density at radius 3 is 2.53 bits per heavy atom. The Hall–Kier alpha value is -1.37. The van der Waals surface area contributed by atoms with E-state index in [4.69, 9.17) is 0 Å². The van der Waals surface area contributed by atoms with Crippen molar-refractivity contribution in [1.82, 2.24) is 4.98 Å². The van der Waals surface area contributed by atoms with Gasteiger partial charge in [-0.25, -0.2) is 0 Å². The maximum atomic E-state index is 4.50. The Labute approximate surface area is 117 Å². The van der Waals surface area contributed by atoms with E-state index in [2.05, 4.69) is 63.9 Å². The van der Waals surface area contributed by atoms with E-state index in [1.165, 1.54) is 22.9 Å². The van der Waals surface area contributed by atoms with Gasteiger partial charge in [-0.1, -0.05) is 40.7 Å². The van der Waals surface area contributed by atoms with Crippen LogP contribution in [0.1, 0.15) is 58.1 Å². The first kappa shape index (κ1) is 14.0. The lowest BCUT2D eigenvalue weighted by Crippen LogP contribution is -2.09. The zero-order chi connectivity index (χ0) is 14.0. The molecule has 102 valence electrons. The maximum Gasteiger partial charge on any atom is 0.0704 e. The summed E-state index contributed by atoms with van der Waals surface area (Å²) in [5.41, 5.74) is 4.27. The van der Waals surface area contributed by atoms with Gasteiger partial charge in [-0.05, 0) is 53.5 Å². The zero-order valence-corrected chi connectivity index (χ0v) is 12.8. The summed E-state index contributed by atoms with van der Waals surface area (Å²) in [7, 11) is 0. The molecule has 1 heterocycles. The summed E-state index contributed by atoms with van der Waals surface area (Å²) in [5.74, 6) is 0.618. The minimum atomic E-state index is 0.306. The fourth-order valence-corrected chi connectivity index (χ4v) is 2.49. The van der Waals surface area contributed by atoms with Crippen molar-refractivity contribution in [2.75, 3.05) is 0 Å². The molecule has 0 aliphatic carbocycles. The summed E-state index contributed by atoms with van der Waals surface area (Å²) in [5, 5.41) is 1.33. The van der Waals surface area contributed by atoms with Crippen molar-refractivity contribution in [2.24, 2.45) is 5.41 Å². The number of benzene rings is 1. The predicted octanol–water partition coefficient (Wildman–Crippen LogP) is 5.34. The van der Waals surface area contributed by atoms with E-state index in [1.54, 1.807) is 0 Å². The van der Waals surface area contributed by atoms with Crippen LogP contribution in [0, 0.1) is 5.41 Å². The van der Waals surface area contributed by atoms with Gasteiger partial charge >= 0.3 is 0 Å². The molecule has 0 aliphatic rings. The van der Waals surface area contributed by atoms with E-state index < -0.39 is 0 Å². The van der Waals surface area contributed by atoms with Gasteiger partial charge in [-0.2, -0.15) is 0 Å². The third kappa shape index (κ3) is 3.34. The van der Waals surface area contributed by atoms with E-state index in [1.807, 2.05) is 6.20 Å². The first-order valence-electron chi connectivity index (χ1n) is 7.28. The van der Waals surface area contributed by atoms with Crippen LogP contribution in [0.3, 0.4) is 0 Å². The fourth-order valence-electron chi connectivity index (χ4n) is 2.49. The molecule has 0 radical (unpaired) electrons. The van der Waals surface area contributed by atoms with Gasteiger partial charge in [0.25, 0.3) is 0 Å². The van der Waals surface area contributed by atoms with E-state index in [0.717, 1.165) is 11.9 Å². The summed E-state index contributed by atoms with van der Waals surface area (Å²) < 4.78 is 0. The number of hydrogen-bond donors (Lipinski definition) is 0. The number of hydrogen-bond acceptors (Lipinski definition) is 1. The molecule has 1 aromatic heterocycles. The zero-order valence-electron chi connectivity index (χ0n) is 12.8. The molecule has 2 rings (SSSR count). The molecular weight excluding hydrogens is 230 g/mol. The summed E-state index contributed by atoms with van der Waals surface area (Å²) in [6.45, 7) is 11.4. The highest BCUT2D eigenvalue weighted by Gasteiger charge is 2.14. The molecule has 1 atom stereocenters. The van der Waals surface area contributed by atoms with Gasteiger partial charge in [0.05, 0.1) is 5.52 Å². The lowest BCUT2D eigenvalue weighted by atomic mass is 9.86. The minimum Gasteiger partial charge on any atom is -0.256 e. The largest absolute Gasteiger partial charge is 0.256 e. The third-order valence-corrected chi connectivity index (χ3v) is 3.76. The van der Waals surface area contributed by atoms with Crippen molar-refractivity contribution in [3.8, 4) is 0 Å². The molecule has 1 heteroatoms. The van der Waals surface area contributed by atoms with Gasteiger partial charge in [-0.15, -0.1) is 0 Å². The Kier molecular flexibility index (Phi) is 3.93. The summed E-state index contributed by atoms with van der Waals surface area (Å²) >= 11 is 0. The number of nitrogens with zero attached hydrogens (tertiary/aromatic N) is 1. The predicted molar refractivity (Wildman–Crippen MR) is 83.6 cm³/mol. The first-order chi connectivity index (χ1) is 8.90. The molecule has 0 aliphatic heterocycles. The van der Waals surface area contributed by atoms with Crippen LogP contribution in [0.4, 0.5) is 0 Å². The van der Waals surface area contributed by atoms with Crippen molar-refractivity contribution < 1.29 is 0 Å². The molecule has 0 spiro atoms. The molecule has 2 aromatic rings. The molecule has 0 N–H and O–H groups in total. The Bertz CT molecular complexity index is 563. The van der Waals surface area contributed by atoms with Crippen LogP contribution in [-0.2, 0) is 6.42 Å². The summed E-state index contributed by atoms with van der Waals surface area (Å²) in [6.07, 6.45) is 4.21. The number of pyridine rings is 1. The summed E-state index contributed by atoms with van der Waals surface area (Å²) in [6, 6.07) is 8.92. The molecule has 1 nitrogen and oxygen atoms in total. The SMILES string of the molecule is CCC(C)c1ccc2nccc(CC(C)(C)C)c2c1. The smallest absolute Gasteiger partial charge is 0.0704 e. The molecule has 1 unspecified atom stereocenters. The standard InChI is InChI=1S/C18H25N/c1-6-13(2)14-7-8-17-16(11-14)15(9-10-19-17)12-18(3,4)5/h7-11,13H,6,12H2,1-5H3. The van der Waals surface area contributed by atoms with Crippen LogP contribution in [-0.4, -0.2) is 4.98 Å². The lowest BCUT2D eigenvalue weighted by molar-refractivity contribution is 0.412. The molecule has 0 saturated heterocycles. The van der Waals surface area contributed by atoms with Gasteiger partial charge in [0.15, 0.2) is 0 Å². The molecule has 0 fully saturated rings. The Balaban J connectivity index is 2.52. The Morgan fingerprint density at radius 1 is 1.16 bits per heavy atom. The van der Waals surface area contributed by atoms with Crippen molar-refractivity contribution in [3.05, 3.63) is 41.6 Å². The minimum absolute atomic E-state index is 0.306. The fraction of sp³-hybridized carbons (Fsp3) is 0.500. The van der Waals surface area contributed by atoms with Gasteiger partial charge in [0, 0.05) is 11.6 Å². The van der Waals surface area contributed by atoms with Crippen LogP contribution in [0.2, 0.25) is 0 Å². The van der Waals surface area contributed by atoms with Crippen LogP contribution in [0.5, 0.6) is 0 Å². The van der Waals surface area contributed by atoms with Crippen LogP contribution < -0.4 is 0 Å². The number of rotatable bonds is 3. The number of fused-ring (bicyclic) bond motifs is 1. The first-order valence-corrected chi connectivity index (χ1v) is 7.28. The second-order valence-electron chi connectivity index (χ2n) is 6.79. The highest BCUT2D eigenvalue weighted by molar-refractivity contribution is 5.82. The Morgan fingerprint density at radius 2 is 1.89 bits per heavy atom. The highest BCUT2D eigenvalue weighted by atomic mass is 14.6. The van der Waals surface area contributed by atoms with Crippen LogP contribution in [0.25, 0.3) is 10.9 Å². The summed E-state index contributed by atoms with van der Waals surface area (Å²) in [4.78, 5) is 4.50. The van der Waals surface area contributed by atoms with Gasteiger partial charge in [-0.3, -0.25) is 4.98 Å². The molecular formula is C18H25N. The van der Waals surface area contributed by atoms with E-state index in [0.29, 0.717) is 11.3 Å². The van der Waals surface area contributed by atoms with Gasteiger partial charge < -0.3 is 0 Å². The lowest BCUT2D eigenvalue weighted by Gasteiger charge is -2.20. The second-order valence-corrected chi connectivity index (χ2v) is 6.79. The van der Waals surface area contributed by atoms with Crippen molar-refractivity contribution in [2.45, 2.75) is 53.4 Å². The molecule has 0 amide bonds. The van der Waals surface area contributed by atoms with Crippen LogP contribution in [0.15, 0.2) is 30.5 Å². The van der Waals surface area contributed by atoms with E-state index in [9.17, 15) is 0 Å². The van der Waals surface area contributed by atoms with E-state index in [-0.39, 0.29) is 0 Å². The average molecular weight is 255 g/mol. The topological polar surface area (TPSA) is 12.9 Å². The average Bonchev–Trinajstić information content (AvgIpc) is 2.36. The quantitative estimate of drug-likeness (QED) is 0.721. The number of aromatic nitrogens is 1. The molecule has 0 saturated carbocycles. The molecule has 0 bridgehead atoms.